The third-order valence-electron chi connectivity index (χ3n) is 1.93. The molecule has 0 aliphatic carbocycles. The Morgan fingerprint density at radius 1 is 1.35 bits per heavy atom. The number of carbonyl (C=O) groups is 1. The maximum Gasteiger partial charge on any atom is 0.344 e. The maximum absolute atomic E-state index is 11.2. The van der Waals surface area contributed by atoms with Gasteiger partial charge in [0.05, 0.1) is 15.6 Å². The van der Waals surface area contributed by atoms with E-state index in [0.29, 0.717) is 18.9 Å². The van der Waals surface area contributed by atoms with Crippen LogP contribution < -0.4 is 10.5 Å². The Labute approximate surface area is 117 Å². The first-order chi connectivity index (χ1) is 8.08. The largest absolute Gasteiger partial charge is 0.480 e. The number of ether oxygens (including phenoxy) is 2. The lowest BCUT2D eigenvalue weighted by atomic mass is 10.2. The monoisotopic (exact) mass is 365 g/mol. The number of rotatable bonds is 5. The average molecular weight is 367 g/mol. The molecule has 0 atom stereocenters. The molecule has 1 aromatic carbocycles. The Kier molecular flexibility index (Phi) is 5.94. The highest BCUT2D eigenvalue weighted by molar-refractivity contribution is 9.11. The van der Waals surface area contributed by atoms with Crippen molar-refractivity contribution in [3.05, 3.63) is 26.6 Å². The summed E-state index contributed by atoms with van der Waals surface area (Å²) in [4.78, 5) is 11.2. The van der Waals surface area contributed by atoms with Crippen molar-refractivity contribution in [2.75, 3.05) is 13.2 Å². The molecule has 2 N–H and O–H groups in total. The lowest BCUT2D eigenvalue weighted by molar-refractivity contribution is -0.145. The molecular formula is C11H13Br2NO3. The molecule has 0 heterocycles. The minimum absolute atomic E-state index is 0.118. The summed E-state index contributed by atoms with van der Waals surface area (Å²) in [5.41, 5.74) is 6.51. The third-order valence-corrected chi connectivity index (χ3v) is 3.11. The molecule has 0 fully saturated rings. The van der Waals surface area contributed by atoms with Crippen LogP contribution in [0.25, 0.3) is 0 Å². The third kappa shape index (κ3) is 4.29. The van der Waals surface area contributed by atoms with E-state index in [1.54, 1.807) is 6.92 Å². The molecule has 0 unspecified atom stereocenters. The maximum atomic E-state index is 11.2. The van der Waals surface area contributed by atoms with Gasteiger partial charge in [-0.3, -0.25) is 0 Å². The van der Waals surface area contributed by atoms with E-state index in [0.717, 1.165) is 14.5 Å². The average Bonchev–Trinajstić information content (AvgIpc) is 2.28. The van der Waals surface area contributed by atoms with Crippen molar-refractivity contribution >= 4 is 37.8 Å². The molecule has 0 aromatic heterocycles. The van der Waals surface area contributed by atoms with E-state index in [2.05, 4.69) is 31.9 Å². The van der Waals surface area contributed by atoms with Crippen molar-refractivity contribution in [1.82, 2.24) is 0 Å². The highest BCUT2D eigenvalue weighted by Gasteiger charge is 2.11. The van der Waals surface area contributed by atoms with Gasteiger partial charge in [0.15, 0.2) is 6.61 Å². The predicted octanol–water partition coefficient (Wildman–Crippen LogP) is 2.61. The van der Waals surface area contributed by atoms with Gasteiger partial charge in [-0.1, -0.05) is 0 Å². The second kappa shape index (κ2) is 6.98. The molecule has 0 amide bonds. The normalized spacial score (nSPS) is 10.1. The first kappa shape index (κ1) is 14.5. The second-order valence-electron chi connectivity index (χ2n) is 3.19. The molecule has 0 spiro atoms. The van der Waals surface area contributed by atoms with Crippen LogP contribution in [0.1, 0.15) is 12.5 Å². The van der Waals surface area contributed by atoms with Crippen LogP contribution in [0, 0.1) is 0 Å². The van der Waals surface area contributed by atoms with Crippen LogP contribution in [-0.2, 0) is 16.1 Å². The fourth-order valence-corrected chi connectivity index (χ4v) is 2.71. The van der Waals surface area contributed by atoms with Crippen molar-refractivity contribution in [2.45, 2.75) is 13.5 Å². The van der Waals surface area contributed by atoms with Crippen molar-refractivity contribution in [2.24, 2.45) is 5.73 Å². The van der Waals surface area contributed by atoms with Crippen LogP contribution in [0.2, 0.25) is 0 Å². The molecule has 1 aromatic rings. The molecule has 0 aliphatic rings. The smallest absolute Gasteiger partial charge is 0.344 e. The first-order valence-corrected chi connectivity index (χ1v) is 6.63. The van der Waals surface area contributed by atoms with E-state index in [9.17, 15) is 4.79 Å². The lowest BCUT2D eigenvalue weighted by Gasteiger charge is -2.11. The van der Waals surface area contributed by atoms with Crippen LogP contribution in [0.15, 0.2) is 21.1 Å². The highest BCUT2D eigenvalue weighted by Crippen LogP contribution is 2.34. The van der Waals surface area contributed by atoms with Gasteiger partial charge in [0.2, 0.25) is 0 Å². The van der Waals surface area contributed by atoms with E-state index in [1.807, 2.05) is 12.1 Å². The van der Waals surface area contributed by atoms with Gasteiger partial charge < -0.3 is 15.2 Å². The lowest BCUT2D eigenvalue weighted by Crippen LogP contribution is -2.15. The van der Waals surface area contributed by atoms with Gasteiger partial charge in [-0.05, 0) is 56.5 Å². The van der Waals surface area contributed by atoms with E-state index >= 15 is 0 Å². The molecule has 0 saturated carbocycles. The first-order valence-electron chi connectivity index (χ1n) is 5.04. The van der Waals surface area contributed by atoms with E-state index in [1.165, 1.54) is 0 Å². The Bertz CT molecular complexity index is 387. The quantitative estimate of drug-likeness (QED) is 0.813. The molecule has 0 saturated heterocycles. The molecular weight excluding hydrogens is 354 g/mol. The van der Waals surface area contributed by atoms with Crippen LogP contribution in [0.4, 0.5) is 0 Å². The SMILES string of the molecule is CCOC(=O)COc1c(Br)cc(CN)cc1Br. The fraction of sp³-hybridized carbons (Fsp3) is 0.364. The molecule has 0 aliphatic heterocycles. The van der Waals surface area contributed by atoms with Gasteiger partial charge >= 0.3 is 5.97 Å². The summed E-state index contributed by atoms with van der Waals surface area (Å²) in [5.74, 6) is 0.171. The number of carbonyl (C=O) groups excluding carboxylic acids is 1. The Hall–Kier alpha value is -0.590. The van der Waals surface area contributed by atoms with E-state index < -0.39 is 5.97 Å². The minimum atomic E-state index is -0.394. The summed E-state index contributed by atoms with van der Waals surface area (Å²) < 4.78 is 11.6. The molecule has 0 radical (unpaired) electrons. The Morgan fingerprint density at radius 3 is 2.41 bits per heavy atom. The Balaban J connectivity index is 2.74. The molecule has 0 bridgehead atoms. The van der Waals surface area contributed by atoms with Crippen LogP contribution in [-0.4, -0.2) is 19.2 Å². The zero-order valence-corrected chi connectivity index (χ0v) is 12.5. The molecule has 17 heavy (non-hydrogen) atoms. The van der Waals surface area contributed by atoms with Crippen LogP contribution >= 0.6 is 31.9 Å². The molecule has 6 heteroatoms. The summed E-state index contributed by atoms with van der Waals surface area (Å²) in [6.45, 7) is 2.42. The van der Waals surface area contributed by atoms with E-state index in [-0.39, 0.29) is 6.61 Å². The van der Waals surface area contributed by atoms with Gasteiger partial charge in [-0.25, -0.2) is 4.79 Å². The van der Waals surface area contributed by atoms with Crippen molar-refractivity contribution in [3.8, 4) is 5.75 Å². The summed E-state index contributed by atoms with van der Waals surface area (Å²) in [6.07, 6.45) is 0. The number of esters is 1. The summed E-state index contributed by atoms with van der Waals surface area (Å²) >= 11 is 6.73. The van der Waals surface area contributed by atoms with Gasteiger partial charge in [0.25, 0.3) is 0 Å². The number of benzene rings is 1. The van der Waals surface area contributed by atoms with Crippen LogP contribution in [0.5, 0.6) is 5.75 Å². The number of hydrogen-bond donors (Lipinski definition) is 1. The molecule has 94 valence electrons. The van der Waals surface area contributed by atoms with Gasteiger partial charge in [-0.15, -0.1) is 0 Å². The highest BCUT2D eigenvalue weighted by atomic mass is 79.9. The zero-order chi connectivity index (χ0) is 12.8. The summed E-state index contributed by atoms with van der Waals surface area (Å²) in [7, 11) is 0. The minimum Gasteiger partial charge on any atom is -0.480 e. The number of hydrogen-bond acceptors (Lipinski definition) is 4. The van der Waals surface area contributed by atoms with Gasteiger partial charge in [0, 0.05) is 6.54 Å². The second-order valence-corrected chi connectivity index (χ2v) is 4.90. The standard InChI is InChI=1S/C11H13Br2NO3/c1-2-16-10(15)6-17-11-8(12)3-7(5-14)4-9(11)13/h3-4H,2,5-6,14H2,1H3. The molecule has 1 rings (SSSR count). The van der Waals surface area contributed by atoms with Gasteiger partial charge in [-0.2, -0.15) is 0 Å². The van der Waals surface area contributed by atoms with Gasteiger partial charge in [0.1, 0.15) is 5.75 Å². The van der Waals surface area contributed by atoms with Crippen molar-refractivity contribution in [3.63, 3.8) is 0 Å². The van der Waals surface area contributed by atoms with Crippen molar-refractivity contribution < 1.29 is 14.3 Å². The predicted molar refractivity (Wildman–Crippen MR) is 71.9 cm³/mol. The zero-order valence-electron chi connectivity index (χ0n) is 9.33. The fourth-order valence-electron chi connectivity index (χ4n) is 1.20. The summed E-state index contributed by atoms with van der Waals surface area (Å²) in [6, 6.07) is 3.70. The van der Waals surface area contributed by atoms with Crippen LogP contribution in [0.3, 0.4) is 0 Å². The summed E-state index contributed by atoms with van der Waals surface area (Å²) in [5, 5.41) is 0. The topological polar surface area (TPSA) is 61.5 Å². The Morgan fingerprint density at radius 2 is 1.94 bits per heavy atom. The van der Waals surface area contributed by atoms with E-state index in [4.69, 9.17) is 15.2 Å². The molecule has 4 nitrogen and oxygen atoms in total. The number of halogens is 2. The van der Waals surface area contributed by atoms with Crippen molar-refractivity contribution in [1.29, 1.82) is 0 Å². The number of nitrogens with two attached hydrogens (primary N) is 1.